The van der Waals surface area contributed by atoms with E-state index in [-0.39, 0.29) is 17.0 Å². The van der Waals surface area contributed by atoms with Crippen molar-refractivity contribution in [2.45, 2.75) is 38.2 Å². The molecule has 0 saturated carbocycles. The molecule has 7 heteroatoms. The second-order valence-corrected chi connectivity index (χ2v) is 7.53. The number of aliphatic hydroxyl groups is 1. The second kappa shape index (κ2) is 6.52. The van der Waals surface area contributed by atoms with Gasteiger partial charge in [0.1, 0.15) is 11.9 Å². The third-order valence-electron chi connectivity index (χ3n) is 2.94. The van der Waals surface area contributed by atoms with E-state index >= 15 is 0 Å². The normalized spacial score (nSPS) is 13.7. The molecule has 116 valence electrons. The van der Waals surface area contributed by atoms with Crippen molar-refractivity contribution < 1.29 is 17.9 Å². The van der Waals surface area contributed by atoms with E-state index in [0.29, 0.717) is 6.42 Å². The van der Waals surface area contributed by atoms with Crippen LogP contribution in [0.25, 0.3) is 0 Å². The zero-order chi connectivity index (χ0) is 16.3. The molecule has 5 nitrogen and oxygen atoms in total. The predicted molar refractivity (Wildman–Crippen MR) is 76.4 cm³/mol. The molecule has 0 amide bonds. The van der Waals surface area contributed by atoms with Gasteiger partial charge in [-0.2, -0.15) is 5.26 Å². The van der Waals surface area contributed by atoms with Gasteiger partial charge in [0.05, 0.1) is 16.6 Å². The van der Waals surface area contributed by atoms with Crippen LogP contribution >= 0.6 is 0 Å². The van der Waals surface area contributed by atoms with E-state index in [2.05, 4.69) is 4.72 Å². The summed E-state index contributed by atoms with van der Waals surface area (Å²) >= 11 is 0. The number of nitrogens with one attached hydrogen (secondary N) is 1. The molecule has 0 bridgehead atoms. The summed E-state index contributed by atoms with van der Waals surface area (Å²) in [6.07, 6.45) is -0.130. The van der Waals surface area contributed by atoms with Crippen LogP contribution in [-0.4, -0.2) is 26.2 Å². The van der Waals surface area contributed by atoms with Gasteiger partial charge in [-0.15, -0.1) is 0 Å². The molecule has 0 heterocycles. The molecular formula is C14H19FN2O3S. The van der Waals surface area contributed by atoms with Crippen LogP contribution < -0.4 is 4.72 Å². The summed E-state index contributed by atoms with van der Waals surface area (Å²) in [4.78, 5) is -0.251. The SMILES string of the molecule is C[C@H](O)CC(C)(C)CNS(=O)(=O)c1ccc(F)cc1C#N. The highest BCUT2D eigenvalue weighted by atomic mass is 32.2. The van der Waals surface area contributed by atoms with Crippen molar-refractivity contribution in [2.75, 3.05) is 6.54 Å². The molecule has 1 rings (SSSR count). The topological polar surface area (TPSA) is 90.2 Å². The van der Waals surface area contributed by atoms with Gasteiger partial charge in [-0.05, 0) is 37.0 Å². The summed E-state index contributed by atoms with van der Waals surface area (Å²) in [5.41, 5.74) is -0.690. The Morgan fingerprint density at radius 2 is 2.10 bits per heavy atom. The van der Waals surface area contributed by atoms with E-state index in [1.54, 1.807) is 13.0 Å². The maximum absolute atomic E-state index is 13.0. The van der Waals surface area contributed by atoms with Gasteiger partial charge in [0.25, 0.3) is 0 Å². The average Bonchev–Trinajstić information content (AvgIpc) is 2.34. The summed E-state index contributed by atoms with van der Waals surface area (Å²) in [7, 11) is -3.91. The Morgan fingerprint density at radius 1 is 1.48 bits per heavy atom. The van der Waals surface area contributed by atoms with Crippen molar-refractivity contribution in [1.82, 2.24) is 4.72 Å². The number of sulfonamides is 1. The van der Waals surface area contributed by atoms with Crippen LogP contribution in [-0.2, 0) is 10.0 Å². The van der Waals surface area contributed by atoms with E-state index in [1.165, 1.54) is 0 Å². The van der Waals surface area contributed by atoms with Gasteiger partial charge in [-0.1, -0.05) is 13.8 Å². The molecule has 0 aliphatic heterocycles. The highest BCUT2D eigenvalue weighted by Crippen LogP contribution is 2.23. The lowest BCUT2D eigenvalue weighted by Gasteiger charge is -2.26. The fourth-order valence-electron chi connectivity index (χ4n) is 2.06. The van der Waals surface area contributed by atoms with E-state index in [4.69, 9.17) is 5.26 Å². The third-order valence-corrected chi connectivity index (χ3v) is 4.40. The molecular weight excluding hydrogens is 295 g/mol. The van der Waals surface area contributed by atoms with Gasteiger partial charge < -0.3 is 5.11 Å². The lowest BCUT2D eigenvalue weighted by Crippen LogP contribution is -2.36. The molecule has 0 spiro atoms. The Bertz CT molecular complexity index is 649. The Morgan fingerprint density at radius 3 is 2.62 bits per heavy atom. The molecule has 0 saturated heterocycles. The Hall–Kier alpha value is -1.49. The number of nitrogens with zero attached hydrogens (tertiary/aromatic N) is 1. The van der Waals surface area contributed by atoms with Crippen LogP contribution in [0.1, 0.15) is 32.8 Å². The van der Waals surface area contributed by atoms with Gasteiger partial charge in [-0.3, -0.25) is 0 Å². The molecule has 1 aromatic carbocycles. The van der Waals surface area contributed by atoms with Crippen LogP contribution in [0.2, 0.25) is 0 Å². The lowest BCUT2D eigenvalue weighted by molar-refractivity contribution is 0.131. The van der Waals surface area contributed by atoms with Gasteiger partial charge in [0, 0.05) is 6.54 Å². The minimum atomic E-state index is -3.91. The average molecular weight is 314 g/mol. The molecule has 0 fully saturated rings. The largest absolute Gasteiger partial charge is 0.393 e. The van der Waals surface area contributed by atoms with Crippen LogP contribution in [0.15, 0.2) is 23.1 Å². The zero-order valence-corrected chi connectivity index (χ0v) is 13.0. The van der Waals surface area contributed by atoms with Crippen molar-refractivity contribution in [2.24, 2.45) is 5.41 Å². The van der Waals surface area contributed by atoms with Gasteiger partial charge in [0.15, 0.2) is 0 Å². The Balaban J connectivity index is 2.96. The van der Waals surface area contributed by atoms with Crippen molar-refractivity contribution >= 4 is 10.0 Å². The number of hydrogen-bond donors (Lipinski definition) is 2. The first kappa shape index (κ1) is 17.6. The first-order valence-electron chi connectivity index (χ1n) is 6.45. The minimum absolute atomic E-state index is 0.0997. The molecule has 21 heavy (non-hydrogen) atoms. The van der Waals surface area contributed by atoms with Crippen LogP contribution in [0, 0.1) is 22.6 Å². The number of halogens is 1. The number of nitriles is 1. The van der Waals surface area contributed by atoms with E-state index in [0.717, 1.165) is 18.2 Å². The van der Waals surface area contributed by atoms with E-state index in [1.807, 2.05) is 13.8 Å². The first-order chi connectivity index (χ1) is 9.57. The van der Waals surface area contributed by atoms with Gasteiger partial charge >= 0.3 is 0 Å². The maximum Gasteiger partial charge on any atom is 0.241 e. The number of aliphatic hydroxyl groups excluding tert-OH is 1. The van der Waals surface area contributed by atoms with Crippen molar-refractivity contribution in [3.05, 3.63) is 29.6 Å². The molecule has 1 aromatic rings. The summed E-state index contributed by atoms with van der Waals surface area (Å²) < 4.78 is 39.9. The van der Waals surface area contributed by atoms with Crippen molar-refractivity contribution in [3.63, 3.8) is 0 Å². The first-order valence-corrected chi connectivity index (χ1v) is 7.93. The fourth-order valence-corrected chi connectivity index (χ4v) is 3.44. The lowest BCUT2D eigenvalue weighted by atomic mass is 9.87. The molecule has 2 N–H and O–H groups in total. The van der Waals surface area contributed by atoms with Crippen LogP contribution in [0.5, 0.6) is 0 Å². The van der Waals surface area contributed by atoms with Crippen molar-refractivity contribution in [3.8, 4) is 6.07 Å². The van der Waals surface area contributed by atoms with E-state index < -0.39 is 27.4 Å². The zero-order valence-electron chi connectivity index (χ0n) is 12.2. The Labute approximate surface area is 124 Å². The molecule has 0 aliphatic carbocycles. The number of hydrogen-bond acceptors (Lipinski definition) is 4. The summed E-state index contributed by atoms with van der Waals surface area (Å²) in [5, 5.41) is 18.3. The standard InChI is InChI=1S/C14H19FN2O3S/c1-10(18)7-14(2,3)9-17-21(19,20)13-5-4-12(15)6-11(13)8-16/h4-6,10,17-18H,7,9H2,1-3H3/t10-/m0/s1. The highest BCUT2D eigenvalue weighted by Gasteiger charge is 2.25. The number of rotatable bonds is 6. The predicted octanol–water partition coefficient (Wildman–Crippen LogP) is 1.77. The van der Waals surface area contributed by atoms with Gasteiger partial charge in [-0.25, -0.2) is 17.5 Å². The molecule has 1 atom stereocenters. The third kappa shape index (κ3) is 5.08. The molecule has 0 aliphatic rings. The quantitative estimate of drug-likeness (QED) is 0.837. The summed E-state index contributed by atoms with van der Waals surface area (Å²) in [6.45, 7) is 5.36. The van der Waals surface area contributed by atoms with Crippen LogP contribution in [0.4, 0.5) is 4.39 Å². The summed E-state index contributed by atoms with van der Waals surface area (Å²) in [6, 6.07) is 4.62. The molecule has 0 aromatic heterocycles. The Kier molecular flexibility index (Phi) is 5.45. The second-order valence-electron chi connectivity index (χ2n) is 5.79. The molecule has 0 radical (unpaired) electrons. The monoisotopic (exact) mass is 314 g/mol. The molecule has 0 unspecified atom stereocenters. The smallest absolute Gasteiger partial charge is 0.241 e. The maximum atomic E-state index is 13.0. The van der Waals surface area contributed by atoms with E-state index in [9.17, 15) is 17.9 Å². The summed E-state index contributed by atoms with van der Waals surface area (Å²) in [5.74, 6) is -0.667. The fraction of sp³-hybridized carbons (Fsp3) is 0.500. The van der Waals surface area contributed by atoms with Gasteiger partial charge in [0.2, 0.25) is 10.0 Å². The highest BCUT2D eigenvalue weighted by molar-refractivity contribution is 7.89. The van der Waals surface area contributed by atoms with Crippen molar-refractivity contribution in [1.29, 1.82) is 5.26 Å². The minimum Gasteiger partial charge on any atom is -0.393 e. The number of benzene rings is 1. The van der Waals surface area contributed by atoms with Crippen LogP contribution in [0.3, 0.4) is 0 Å².